The summed E-state index contributed by atoms with van der Waals surface area (Å²) in [4.78, 5) is 30.5. The molecule has 2 saturated heterocycles. The second kappa shape index (κ2) is 11.0. The topological polar surface area (TPSA) is 109 Å². The molecule has 1 aromatic heterocycles. The van der Waals surface area contributed by atoms with Gasteiger partial charge in [-0.15, -0.1) is 11.3 Å². The first-order valence-electron chi connectivity index (χ1n) is 12.3. The summed E-state index contributed by atoms with van der Waals surface area (Å²) in [5.41, 5.74) is -0.904. The molecule has 0 radical (unpaired) electrons. The number of Topliss-reactive ketones (excluding diaryl/α,β-unsaturated/α-hetero) is 1. The number of hydrogen-bond acceptors (Lipinski definition) is 8. The van der Waals surface area contributed by atoms with Crippen LogP contribution < -0.4 is 0 Å². The van der Waals surface area contributed by atoms with Crippen LogP contribution in [0.15, 0.2) is 10.4 Å². The fourth-order valence-electron chi connectivity index (χ4n) is 4.86. The zero-order valence-electron chi connectivity index (χ0n) is 21.4. The smallest absolute Gasteiger partial charge is 0.309 e. The molecule has 0 aliphatic carbocycles. The normalized spacial score (nSPS) is 37.5. The molecule has 7 atom stereocenters. The highest BCUT2D eigenvalue weighted by molar-refractivity contribution is 7.09. The zero-order chi connectivity index (χ0) is 26.1. The van der Waals surface area contributed by atoms with Gasteiger partial charge in [-0.3, -0.25) is 9.59 Å². The molecule has 0 amide bonds. The largest absolute Gasteiger partial charge is 0.456 e. The predicted octanol–water partition coefficient (Wildman–Crippen LogP) is 4.65. The lowest BCUT2D eigenvalue weighted by molar-refractivity contribution is -0.154. The van der Waals surface area contributed by atoms with Crippen molar-refractivity contribution in [3.8, 4) is 0 Å². The minimum absolute atomic E-state index is 0.0905. The Morgan fingerprint density at radius 2 is 1.94 bits per heavy atom. The summed E-state index contributed by atoms with van der Waals surface area (Å²) in [7, 11) is 0. The fourth-order valence-corrected chi connectivity index (χ4v) is 5.68. The molecule has 7 nitrogen and oxygen atoms in total. The minimum atomic E-state index is -1.27. The highest BCUT2D eigenvalue weighted by Gasteiger charge is 2.53. The lowest BCUT2D eigenvalue weighted by Gasteiger charge is -2.34. The van der Waals surface area contributed by atoms with E-state index in [1.165, 1.54) is 11.3 Å². The molecular formula is C26H38ClNO6S. The van der Waals surface area contributed by atoms with Crippen molar-refractivity contribution < 1.29 is 29.3 Å². The van der Waals surface area contributed by atoms with Gasteiger partial charge in [0.2, 0.25) is 0 Å². The molecule has 2 N–H and O–H groups in total. The number of cyclic esters (lactones) is 1. The lowest BCUT2D eigenvalue weighted by atomic mass is 9.73. The van der Waals surface area contributed by atoms with Gasteiger partial charge in [-0.25, -0.2) is 4.98 Å². The number of nitrogens with zero attached hydrogens (tertiary/aromatic N) is 1. The van der Waals surface area contributed by atoms with Gasteiger partial charge in [0, 0.05) is 17.7 Å². The molecule has 0 aromatic carbocycles. The van der Waals surface area contributed by atoms with Crippen molar-refractivity contribution in [2.24, 2.45) is 17.3 Å². The van der Waals surface area contributed by atoms with Crippen LogP contribution in [0.25, 0.3) is 6.08 Å². The van der Waals surface area contributed by atoms with Gasteiger partial charge < -0.3 is 19.7 Å². The second-order valence-electron chi connectivity index (χ2n) is 10.9. The van der Waals surface area contributed by atoms with Gasteiger partial charge in [0.05, 0.1) is 51.5 Å². The van der Waals surface area contributed by atoms with Crippen molar-refractivity contribution in [2.75, 3.05) is 0 Å². The zero-order valence-corrected chi connectivity index (χ0v) is 23.0. The van der Waals surface area contributed by atoms with Crippen molar-refractivity contribution in [3.63, 3.8) is 0 Å². The summed E-state index contributed by atoms with van der Waals surface area (Å²) in [5.74, 6) is -1.70. The number of ether oxygens (including phenoxy) is 2. The molecular weight excluding hydrogens is 490 g/mol. The van der Waals surface area contributed by atoms with Crippen molar-refractivity contribution in [1.82, 2.24) is 4.98 Å². The molecule has 0 saturated carbocycles. The number of ketones is 1. The average Bonchev–Trinajstić information content (AvgIpc) is 3.22. The molecule has 1 aromatic rings. The molecule has 196 valence electrons. The molecule has 2 fully saturated rings. The molecule has 2 aliphatic rings. The molecule has 9 heteroatoms. The van der Waals surface area contributed by atoms with E-state index in [4.69, 9.17) is 21.1 Å². The maximum absolute atomic E-state index is 13.2. The standard InChI is InChI=1S/C26H38ClNO6S/c1-14-8-7-9-26(6)21(34-26)11-19(18(27)10-17-13-35-16(3)28-17)33-22(30)12-20(29)25(4,5)24(32)15(2)23(14)31/h10,13-15,19-21,23,29,31H,7-9,11-12H2,1-6H3/t14-,15?,19-,20?,21-,23-,26+/m0/s1. The number of aromatic nitrogens is 1. The molecule has 2 unspecified atom stereocenters. The van der Waals surface area contributed by atoms with Gasteiger partial charge in [-0.2, -0.15) is 0 Å². The number of esters is 1. The van der Waals surface area contributed by atoms with Crippen molar-refractivity contribution in [3.05, 3.63) is 21.1 Å². The Hall–Kier alpha value is -1.32. The van der Waals surface area contributed by atoms with Crippen LogP contribution in [0.2, 0.25) is 0 Å². The maximum Gasteiger partial charge on any atom is 0.309 e. The Morgan fingerprint density at radius 1 is 1.26 bits per heavy atom. The number of fused-ring (bicyclic) bond motifs is 1. The van der Waals surface area contributed by atoms with Crippen LogP contribution in [-0.2, 0) is 19.1 Å². The first-order valence-corrected chi connectivity index (χ1v) is 13.6. The van der Waals surface area contributed by atoms with Crippen LogP contribution in [0, 0.1) is 24.2 Å². The third kappa shape index (κ3) is 6.72. The average molecular weight is 528 g/mol. The summed E-state index contributed by atoms with van der Waals surface area (Å²) in [6.45, 7) is 10.7. The number of aliphatic hydroxyl groups is 2. The van der Waals surface area contributed by atoms with Crippen LogP contribution in [0.1, 0.15) is 77.4 Å². The van der Waals surface area contributed by atoms with E-state index in [-0.39, 0.29) is 29.8 Å². The SMILES string of the molecule is Cc1nc(C=C(Cl)[C@@H]2C[C@@H]3O[C@]3(C)CCC[C@H](C)[C@H](O)C(C)C(=O)C(C)(C)C(O)CC(=O)O2)cs1. The van der Waals surface area contributed by atoms with E-state index in [0.717, 1.165) is 24.3 Å². The number of aryl methyl sites for hydroxylation is 1. The van der Waals surface area contributed by atoms with Crippen LogP contribution in [0.4, 0.5) is 0 Å². The van der Waals surface area contributed by atoms with Gasteiger partial charge in [-0.1, -0.05) is 45.7 Å². The van der Waals surface area contributed by atoms with Gasteiger partial charge in [0.1, 0.15) is 11.9 Å². The van der Waals surface area contributed by atoms with Crippen molar-refractivity contribution >= 4 is 40.8 Å². The van der Waals surface area contributed by atoms with E-state index in [9.17, 15) is 19.8 Å². The van der Waals surface area contributed by atoms with Crippen molar-refractivity contribution in [1.29, 1.82) is 0 Å². The van der Waals surface area contributed by atoms with Crippen LogP contribution in [0.3, 0.4) is 0 Å². The molecule has 3 heterocycles. The monoisotopic (exact) mass is 527 g/mol. The van der Waals surface area contributed by atoms with Gasteiger partial charge in [-0.05, 0) is 38.7 Å². The number of carbonyl (C=O) groups excluding carboxylic acids is 2. The molecule has 35 heavy (non-hydrogen) atoms. The summed E-state index contributed by atoms with van der Waals surface area (Å²) in [6.07, 6.45) is 1.08. The van der Waals surface area contributed by atoms with E-state index < -0.39 is 35.6 Å². The number of thiazole rings is 1. The molecule has 3 rings (SSSR count). The number of aliphatic hydroxyl groups excluding tert-OH is 2. The quantitative estimate of drug-likeness (QED) is 0.425. The summed E-state index contributed by atoms with van der Waals surface area (Å²) in [6, 6.07) is 0. The fraction of sp³-hybridized carbons (Fsp3) is 0.731. The van der Waals surface area contributed by atoms with Gasteiger partial charge in [0.15, 0.2) is 0 Å². The molecule has 0 bridgehead atoms. The Kier molecular flexibility index (Phi) is 8.86. The first kappa shape index (κ1) is 28.3. The van der Waals surface area contributed by atoms with Crippen LogP contribution in [0.5, 0.6) is 0 Å². The van der Waals surface area contributed by atoms with E-state index in [1.54, 1.807) is 26.8 Å². The highest BCUT2D eigenvalue weighted by atomic mass is 35.5. The number of hydrogen-bond donors (Lipinski definition) is 2. The number of carbonyl (C=O) groups is 2. The Balaban J connectivity index is 1.85. The van der Waals surface area contributed by atoms with Gasteiger partial charge in [0.25, 0.3) is 0 Å². The van der Waals surface area contributed by atoms with Gasteiger partial charge >= 0.3 is 5.97 Å². The lowest BCUT2D eigenvalue weighted by Crippen LogP contribution is -2.45. The summed E-state index contributed by atoms with van der Waals surface area (Å²) < 4.78 is 11.7. The van der Waals surface area contributed by atoms with E-state index >= 15 is 0 Å². The summed E-state index contributed by atoms with van der Waals surface area (Å²) in [5, 5.41) is 24.8. The van der Waals surface area contributed by atoms with E-state index in [0.29, 0.717) is 17.1 Å². The Labute approximate surface area is 216 Å². The third-order valence-corrected chi connectivity index (χ3v) is 8.78. The molecule has 0 spiro atoms. The van der Waals surface area contributed by atoms with E-state index in [2.05, 4.69) is 4.98 Å². The summed E-state index contributed by atoms with van der Waals surface area (Å²) >= 11 is 8.11. The third-order valence-electron chi connectivity index (χ3n) is 7.64. The Bertz CT molecular complexity index is 961. The van der Waals surface area contributed by atoms with Crippen LogP contribution in [-0.4, -0.2) is 57.0 Å². The van der Waals surface area contributed by atoms with Crippen molar-refractivity contribution in [2.45, 2.75) is 104 Å². The highest BCUT2D eigenvalue weighted by Crippen LogP contribution is 2.45. The number of rotatable bonds is 2. The number of halogens is 1. The van der Waals surface area contributed by atoms with Crippen LogP contribution >= 0.6 is 22.9 Å². The molecule has 2 aliphatic heterocycles. The second-order valence-corrected chi connectivity index (χ2v) is 12.4. The first-order chi connectivity index (χ1) is 16.2. The minimum Gasteiger partial charge on any atom is -0.456 e. The number of epoxide rings is 1. The van der Waals surface area contributed by atoms with E-state index in [1.807, 2.05) is 26.2 Å². The Morgan fingerprint density at radius 3 is 2.57 bits per heavy atom. The maximum atomic E-state index is 13.2. The predicted molar refractivity (Wildman–Crippen MR) is 136 cm³/mol.